The molecule has 1 saturated carbocycles. The number of pyridine rings is 1. The van der Waals surface area contributed by atoms with Gasteiger partial charge in [0, 0.05) is 26.3 Å². The number of carboxylic acids is 1. The van der Waals surface area contributed by atoms with E-state index in [1.54, 1.807) is 18.7 Å². The monoisotopic (exact) mass is 771 g/mol. The van der Waals surface area contributed by atoms with Crippen molar-refractivity contribution in [3.63, 3.8) is 0 Å². The molecule has 54 heavy (non-hydrogen) atoms. The molecule has 4 aromatic rings. The van der Waals surface area contributed by atoms with Gasteiger partial charge in [-0.3, -0.25) is 4.79 Å². The van der Waals surface area contributed by atoms with Gasteiger partial charge in [0.2, 0.25) is 0 Å². The minimum Gasteiger partial charge on any atom is -0.481 e. The van der Waals surface area contributed by atoms with Crippen molar-refractivity contribution in [2.45, 2.75) is 132 Å². The van der Waals surface area contributed by atoms with Crippen molar-refractivity contribution >= 4 is 51.9 Å². The molecule has 0 spiro atoms. The number of aliphatic carboxylic acids is 1. The zero-order valence-corrected chi connectivity index (χ0v) is 36.4. The third-order valence-corrected chi connectivity index (χ3v) is 16.0. The van der Waals surface area contributed by atoms with E-state index in [1.165, 1.54) is 0 Å². The minimum absolute atomic E-state index is 0.0455. The molecule has 0 saturated heterocycles. The smallest absolute Gasteiger partial charge is 0.303 e. The lowest BCUT2D eigenvalue weighted by Crippen LogP contribution is -2.28. The van der Waals surface area contributed by atoms with Gasteiger partial charge in [-0.1, -0.05) is 89.4 Å². The first-order valence-corrected chi connectivity index (χ1v) is 20.5. The molecule has 0 aliphatic heterocycles. The largest absolute Gasteiger partial charge is 0.481 e. The normalized spacial score (nSPS) is 20.0. The summed E-state index contributed by atoms with van der Waals surface area (Å²) < 4.78 is 34.6. The number of nitrogens with zero attached hydrogens (tertiary/aromatic N) is 1. The van der Waals surface area contributed by atoms with Crippen LogP contribution < -0.4 is 0 Å². The van der Waals surface area contributed by atoms with Crippen LogP contribution in [0, 0.1) is 50.9 Å². The standard InChI is InChI=1S/C48H62ClNO3S/c1-15-46(13,53)38-19-17-16-18-36(38)31(5)25-47(14,54-27-48(26-41(51)52)44(9,10)45(48,11)12)37-21-20-28(2)42(34(37)8)29(3)22-35-23-30(4)43-33(7)32(6)39(49)24-40(43)50-35/h16-24,31,53H,15,25-27H2,1-14H3,(H,51,52)/b29-22+/t31?,46?,47-/m1/s1/i16D,17D,18D,19D. The van der Waals surface area contributed by atoms with Crippen LogP contribution in [0.1, 0.15) is 149 Å². The number of aromatic nitrogens is 1. The van der Waals surface area contributed by atoms with Crippen LogP contribution in [0.4, 0.5) is 0 Å². The summed E-state index contributed by atoms with van der Waals surface area (Å²) >= 11 is 8.36. The number of aryl methyl sites for hydroxylation is 3. The fourth-order valence-corrected chi connectivity index (χ4v) is 11.8. The second-order valence-corrected chi connectivity index (χ2v) is 19.5. The highest BCUT2D eigenvalue weighted by atomic mass is 35.5. The van der Waals surface area contributed by atoms with E-state index in [1.807, 2.05) is 26.8 Å². The van der Waals surface area contributed by atoms with Gasteiger partial charge in [0.15, 0.2) is 0 Å². The number of halogens is 1. The molecule has 1 aromatic heterocycles. The first-order chi connectivity index (χ1) is 26.6. The van der Waals surface area contributed by atoms with Crippen molar-refractivity contribution in [1.29, 1.82) is 0 Å². The lowest BCUT2D eigenvalue weighted by Gasteiger charge is -2.38. The van der Waals surface area contributed by atoms with Crippen molar-refractivity contribution in [3.05, 3.63) is 109 Å². The van der Waals surface area contributed by atoms with Crippen LogP contribution in [0.15, 0.2) is 48.4 Å². The van der Waals surface area contributed by atoms with Crippen LogP contribution in [-0.2, 0) is 15.1 Å². The fourth-order valence-electron chi connectivity index (χ4n) is 9.47. The SMILES string of the molecule is [2H]c1c([2H])c([2H])c(C(C)(O)CC)c(C(C)C[C@@](C)(SCC2(CC(=O)O)C(C)(C)C2(C)C)c2ccc(C)c(/C(C)=C/c3cc(C)c4c(C)c(C)c(Cl)cc4n3)c2C)c1[2H]. The van der Waals surface area contributed by atoms with E-state index in [0.29, 0.717) is 22.8 Å². The van der Waals surface area contributed by atoms with Crippen molar-refractivity contribution in [3.8, 4) is 0 Å². The van der Waals surface area contributed by atoms with E-state index < -0.39 is 27.7 Å². The van der Waals surface area contributed by atoms with Gasteiger partial charge in [0.25, 0.3) is 0 Å². The number of hydrogen-bond acceptors (Lipinski definition) is 4. The zero-order valence-electron chi connectivity index (χ0n) is 38.8. The lowest BCUT2D eigenvalue weighted by atomic mass is 9.78. The van der Waals surface area contributed by atoms with E-state index in [0.717, 1.165) is 61.1 Å². The lowest BCUT2D eigenvalue weighted by molar-refractivity contribution is -0.138. The Hall–Kier alpha value is -3.12. The molecule has 4 nitrogen and oxygen atoms in total. The molecule has 0 amide bonds. The highest BCUT2D eigenvalue weighted by Crippen LogP contribution is 2.80. The molecule has 290 valence electrons. The first kappa shape index (κ1) is 36.5. The Kier molecular flexibility index (Phi) is 9.98. The van der Waals surface area contributed by atoms with Crippen LogP contribution in [0.25, 0.3) is 22.6 Å². The Balaban J connectivity index is 1.70. The summed E-state index contributed by atoms with van der Waals surface area (Å²) in [7, 11) is 0. The average molecular weight is 773 g/mol. The van der Waals surface area contributed by atoms with Gasteiger partial charge in [-0.15, -0.1) is 11.8 Å². The maximum atomic E-state index is 12.5. The quantitative estimate of drug-likeness (QED) is 0.142. The average Bonchev–Trinajstić information content (AvgIpc) is 3.45. The summed E-state index contributed by atoms with van der Waals surface area (Å²) in [5, 5.41) is 23.7. The van der Waals surface area contributed by atoms with Crippen LogP contribution >= 0.6 is 23.4 Å². The van der Waals surface area contributed by atoms with Crippen LogP contribution in [-0.4, -0.2) is 26.9 Å². The number of hydrogen-bond donors (Lipinski definition) is 2. The molecule has 0 bridgehead atoms. The van der Waals surface area contributed by atoms with Crippen molar-refractivity contribution < 1.29 is 20.5 Å². The molecule has 2 N–H and O–H groups in total. The number of thioether (sulfide) groups is 1. The maximum Gasteiger partial charge on any atom is 0.303 e. The van der Waals surface area contributed by atoms with Crippen molar-refractivity contribution in [1.82, 2.24) is 4.98 Å². The molecule has 1 fully saturated rings. The molecule has 6 heteroatoms. The van der Waals surface area contributed by atoms with Crippen LogP contribution in [0.5, 0.6) is 0 Å². The van der Waals surface area contributed by atoms with E-state index in [2.05, 4.69) is 93.5 Å². The number of benzene rings is 3. The van der Waals surface area contributed by atoms with Crippen LogP contribution in [0.2, 0.25) is 5.02 Å². The predicted octanol–water partition coefficient (Wildman–Crippen LogP) is 13.3. The Bertz CT molecular complexity index is 2350. The van der Waals surface area contributed by atoms with Gasteiger partial charge in [-0.05, 0) is 159 Å². The molecule has 3 atom stereocenters. The third kappa shape index (κ3) is 7.07. The molecule has 1 aliphatic carbocycles. The van der Waals surface area contributed by atoms with Gasteiger partial charge in [0.05, 0.1) is 28.7 Å². The zero-order chi connectivity index (χ0) is 43.8. The first-order valence-electron chi connectivity index (χ1n) is 21.2. The van der Waals surface area contributed by atoms with Crippen LogP contribution in [0.3, 0.4) is 0 Å². The Morgan fingerprint density at radius 1 is 0.981 bits per heavy atom. The van der Waals surface area contributed by atoms with Gasteiger partial charge >= 0.3 is 5.97 Å². The molecular formula is C48H62ClNO3S. The fraction of sp³-hybridized carbons (Fsp3) is 0.500. The molecule has 2 unspecified atom stereocenters. The van der Waals surface area contributed by atoms with Crippen molar-refractivity contribution in [2.24, 2.45) is 16.2 Å². The summed E-state index contributed by atoms with van der Waals surface area (Å²) in [5.74, 6) is -0.652. The number of carbonyl (C=O) groups is 1. The Labute approximate surface area is 339 Å². The summed E-state index contributed by atoms with van der Waals surface area (Å²) in [6.07, 6.45) is 2.91. The summed E-state index contributed by atoms with van der Waals surface area (Å²) in [5.41, 5.74) is 8.62. The Morgan fingerprint density at radius 3 is 2.20 bits per heavy atom. The minimum atomic E-state index is -1.48. The van der Waals surface area contributed by atoms with E-state index in [9.17, 15) is 15.0 Å². The molecular weight excluding hydrogens is 706 g/mol. The number of rotatable bonds is 13. The van der Waals surface area contributed by atoms with E-state index in [4.69, 9.17) is 22.1 Å². The summed E-state index contributed by atoms with van der Waals surface area (Å²) in [6, 6.07) is 7.34. The second kappa shape index (κ2) is 14.8. The van der Waals surface area contributed by atoms with Gasteiger partial charge in [0.1, 0.15) is 0 Å². The second-order valence-electron chi connectivity index (χ2n) is 17.6. The predicted molar refractivity (Wildman–Crippen MR) is 232 cm³/mol. The van der Waals surface area contributed by atoms with Gasteiger partial charge < -0.3 is 10.2 Å². The van der Waals surface area contributed by atoms with E-state index in [-0.39, 0.29) is 53.4 Å². The number of allylic oxidation sites excluding steroid dienone is 1. The Morgan fingerprint density at radius 2 is 1.61 bits per heavy atom. The molecule has 5 rings (SSSR count). The topological polar surface area (TPSA) is 70.4 Å². The summed E-state index contributed by atoms with van der Waals surface area (Å²) in [4.78, 5) is 17.5. The molecule has 0 radical (unpaired) electrons. The van der Waals surface area contributed by atoms with E-state index >= 15 is 0 Å². The maximum absolute atomic E-state index is 12.5. The molecule has 1 heterocycles. The number of aliphatic hydroxyl groups is 1. The number of fused-ring (bicyclic) bond motifs is 1. The van der Waals surface area contributed by atoms with Gasteiger partial charge in [-0.2, -0.15) is 0 Å². The third-order valence-electron chi connectivity index (χ3n) is 13.9. The highest BCUT2D eigenvalue weighted by molar-refractivity contribution is 8.00. The number of carboxylic acid groups (broad SMARTS) is 1. The van der Waals surface area contributed by atoms with Gasteiger partial charge in [-0.25, -0.2) is 4.98 Å². The molecule has 1 aliphatic rings. The summed E-state index contributed by atoms with van der Waals surface area (Å²) in [6.45, 7) is 28.9. The van der Waals surface area contributed by atoms with Crippen molar-refractivity contribution in [2.75, 3.05) is 5.75 Å². The highest BCUT2D eigenvalue weighted by Gasteiger charge is 2.76. The molecule has 3 aromatic carbocycles.